The molecule has 0 fully saturated rings. The molecule has 66 valence electrons. The van der Waals surface area contributed by atoms with Gasteiger partial charge in [0, 0.05) is 13.1 Å². The summed E-state index contributed by atoms with van der Waals surface area (Å²) in [4.78, 5) is 15.0. The molecule has 2 heterocycles. The van der Waals surface area contributed by atoms with Crippen LogP contribution in [0.15, 0.2) is 22.7 Å². The van der Waals surface area contributed by atoms with Gasteiger partial charge in [-0.15, -0.1) is 0 Å². The van der Waals surface area contributed by atoms with E-state index in [4.69, 9.17) is 10.2 Å². The molecule has 0 amide bonds. The Kier molecular flexibility index (Phi) is 1.55. The minimum absolute atomic E-state index is 0.185. The van der Waals surface area contributed by atoms with Gasteiger partial charge in [0.1, 0.15) is 0 Å². The second kappa shape index (κ2) is 2.58. The first-order chi connectivity index (χ1) is 6.20. The van der Waals surface area contributed by atoms with E-state index in [0.717, 1.165) is 0 Å². The fourth-order valence-corrected chi connectivity index (χ4v) is 1.21. The van der Waals surface area contributed by atoms with Crippen molar-refractivity contribution in [2.75, 3.05) is 5.73 Å². The number of rotatable bonds is 1. The second-order valence-corrected chi connectivity index (χ2v) is 2.76. The van der Waals surface area contributed by atoms with Crippen LogP contribution in [0.3, 0.4) is 0 Å². The number of hydrogen-bond donors (Lipinski definition) is 1. The summed E-state index contributed by atoms with van der Waals surface area (Å²) in [6.45, 7) is 1.41. The van der Waals surface area contributed by atoms with Gasteiger partial charge >= 0.3 is 0 Å². The van der Waals surface area contributed by atoms with E-state index in [9.17, 15) is 4.79 Å². The summed E-state index contributed by atoms with van der Waals surface area (Å²) in [5.41, 5.74) is 6.46. The van der Waals surface area contributed by atoms with Crippen molar-refractivity contribution in [3.63, 3.8) is 0 Å². The van der Waals surface area contributed by atoms with Crippen molar-refractivity contribution in [1.29, 1.82) is 0 Å². The van der Waals surface area contributed by atoms with E-state index >= 15 is 0 Å². The molecule has 0 bridgehead atoms. The van der Waals surface area contributed by atoms with E-state index in [0.29, 0.717) is 16.8 Å². The molecule has 0 aliphatic rings. The van der Waals surface area contributed by atoms with Crippen LogP contribution >= 0.6 is 0 Å². The lowest BCUT2D eigenvalue weighted by Crippen LogP contribution is -1.94. The molecule has 0 atom stereocenters. The van der Waals surface area contributed by atoms with Crippen LogP contribution < -0.4 is 5.73 Å². The normalized spacial score (nSPS) is 10.5. The number of pyridine rings is 1. The third-order valence-electron chi connectivity index (χ3n) is 1.82. The highest BCUT2D eigenvalue weighted by Crippen LogP contribution is 2.26. The van der Waals surface area contributed by atoms with Crippen LogP contribution in [0.1, 0.15) is 17.5 Å². The standard InChI is InChI=1S/C9H8N2O2/c1-5(12)8-7(10)6-3-2-4-11-9(6)13-8/h2-4H,10H2,1H3. The number of aromatic nitrogens is 1. The topological polar surface area (TPSA) is 69.1 Å². The quantitative estimate of drug-likeness (QED) is 0.670. The molecule has 0 unspecified atom stereocenters. The van der Waals surface area contributed by atoms with Crippen LogP contribution in [0.4, 0.5) is 5.69 Å². The summed E-state index contributed by atoms with van der Waals surface area (Å²) in [5.74, 6) is 0.00389. The number of nitrogens with two attached hydrogens (primary N) is 1. The predicted octanol–water partition coefficient (Wildman–Crippen LogP) is 1.61. The maximum absolute atomic E-state index is 11.0. The van der Waals surface area contributed by atoms with E-state index in [1.165, 1.54) is 6.92 Å². The smallest absolute Gasteiger partial charge is 0.229 e. The third kappa shape index (κ3) is 1.07. The average Bonchev–Trinajstić information content (AvgIpc) is 2.45. The molecule has 4 nitrogen and oxygen atoms in total. The van der Waals surface area contributed by atoms with Gasteiger partial charge in [-0.3, -0.25) is 4.79 Å². The van der Waals surface area contributed by atoms with Crippen molar-refractivity contribution in [2.24, 2.45) is 0 Å². The highest BCUT2D eigenvalue weighted by molar-refractivity contribution is 6.04. The molecular weight excluding hydrogens is 168 g/mol. The second-order valence-electron chi connectivity index (χ2n) is 2.76. The van der Waals surface area contributed by atoms with Gasteiger partial charge in [0.05, 0.1) is 11.1 Å². The van der Waals surface area contributed by atoms with E-state index in [1.54, 1.807) is 18.3 Å². The van der Waals surface area contributed by atoms with Crippen LogP contribution in [0.5, 0.6) is 0 Å². The van der Waals surface area contributed by atoms with Crippen LogP contribution in [0, 0.1) is 0 Å². The Morgan fingerprint density at radius 2 is 2.38 bits per heavy atom. The molecule has 0 saturated heterocycles. The zero-order valence-corrected chi connectivity index (χ0v) is 7.07. The maximum atomic E-state index is 11.0. The van der Waals surface area contributed by atoms with E-state index in [2.05, 4.69) is 4.98 Å². The number of hydrogen-bond acceptors (Lipinski definition) is 4. The van der Waals surface area contributed by atoms with Gasteiger partial charge in [-0.05, 0) is 12.1 Å². The van der Waals surface area contributed by atoms with Crippen molar-refractivity contribution in [3.8, 4) is 0 Å². The molecule has 0 radical (unpaired) electrons. The monoisotopic (exact) mass is 176 g/mol. The number of furan rings is 1. The first kappa shape index (κ1) is 7.79. The van der Waals surface area contributed by atoms with Gasteiger partial charge in [-0.1, -0.05) is 0 Å². The molecule has 4 heteroatoms. The number of carbonyl (C=O) groups is 1. The molecular formula is C9H8N2O2. The molecule has 0 saturated carbocycles. The number of ketones is 1. The molecule has 0 aliphatic carbocycles. The summed E-state index contributed by atoms with van der Waals surface area (Å²) in [6.07, 6.45) is 1.59. The minimum Gasteiger partial charge on any atom is -0.432 e. The van der Waals surface area contributed by atoms with Gasteiger partial charge in [0.15, 0.2) is 11.5 Å². The molecule has 2 rings (SSSR count). The highest BCUT2D eigenvalue weighted by atomic mass is 16.4. The Morgan fingerprint density at radius 1 is 1.62 bits per heavy atom. The fraction of sp³-hybridized carbons (Fsp3) is 0.111. The van der Waals surface area contributed by atoms with Gasteiger partial charge in [-0.2, -0.15) is 0 Å². The van der Waals surface area contributed by atoms with Crippen molar-refractivity contribution >= 4 is 22.6 Å². The number of nitrogen functional groups attached to an aromatic ring is 1. The predicted molar refractivity (Wildman–Crippen MR) is 48.4 cm³/mol. The Labute approximate surface area is 74.4 Å². The first-order valence-electron chi connectivity index (χ1n) is 3.84. The van der Waals surface area contributed by atoms with Crippen molar-refractivity contribution in [3.05, 3.63) is 24.1 Å². The van der Waals surface area contributed by atoms with Crippen molar-refractivity contribution < 1.29 is 9.21 Å². The number of anilines is 1. The molecule has 2 aromatic rings. The van der Waals surface area contributed by atoms with Crippen LogP contribution in [0.2, 0.25) is 0 Å². The molecule has 0 aliphatic heterocycles. The van der Waals surface area contributed by atoms with E-state index in [-0.39, 0.29) is 11.5 Å². The lowest BCUT2D eigenvalue weighted by molar-refractivity contribution is 0.0990. The highest BCUT2D eigenvalue weighted by Gasteiger charge is 2.14. The van der Waals surface area contributed by atoms with Crippen LogP contribution in [0.25, 0.3) is 11.1 Å². The average molecular weight is 176 g/mol. The number of Topliss-reactive ketones (excluding diaryl/α,β-unsaturated/α-hetero) is 1. The number of fused-ring (bicyclic) bond motifs is 1. The molecule has 2 aromatic heterocycles. The summed E-state index contributed by atoms with van der Waals surface area (Å²) in [5, 5.41) is 0.688. The van der Waals surface area contributed by atoms with Gasteiger partial charge in [-0.25, -0.2) is 4.98 Å². The molecule has 13 heavy (non-hydrogen) atoms. The Morgan fingerprint density at radius 3 is 3.00 bits per heavy atom. The zero-order chi connectivity index (χ0) is 9.42. The number of nitrogens with zero attached hydrogens (tertiary/aromatic N) is 1. The van der Waals surface area contributed by atoms with Gasteiger partial charge in [0.25, 0.3) is 0 Å². The lowest BCUT2D eigenvalue weighted by atomic mass is 10.2. The fourth-order valence-electron chi connectivity index (χ4n) is 1.21. The van der Waals surface area contributed by atoms with Crippen LogP contribution in [-0.2, 0) is 0 Å². The molecule has 2 N–H and O–H groups in total. The summed E-state index contributed by atoms with van der Waals surface area (Å²) in [7, 11) is 0. The summed E-state index contributed by atoms with van der Waals surface area (Å²) < 4.78 is 5.17. The van der Waals surface area contributed by atoms with E-state index < -0.39 is 0 Å². The number of carbonyl (C=O) groups excluding carboxylic acids is 1. The maximum Gasteiger partial charge on any atom is 0.229 e. The van der Waals surface area contributed by atoms with Gasteiger partial charge < -0.3 is 10.2 Å². The Hall–Kier alpha value is -1.84. The third-order valence-corrected chi connectivity index (χ3v) is 1.82. The first-order valence-corrected chi connectivity index (χ1v) is 3.84. The lowest BCUT2D eigenvalue weighted by Gasteiger charge is -1.88. The molecule has 0 aromatic carbocycles. The summed E-state index contributed by atoms with van der Waals surface area (Å²) >= 11 is 0. The molecule has 0 spiro atoms. The van der Waals surface area contributed by atoms with Crippen LogP contribution in [-0.4, -0.2) is 10.8 Å². The largest absolute Gasteiger partial charge is 0.432 e. The van der Waals surface area contributed by atoms with Crippen molar-refractivity contribution in [2.45, 2.75) is 6.92 Å². The zero-order valence-electron chi connectivity index (χ0n) is 7.07. The Bertz CT molecular complexity index is 473. The van der Waals surface area contributed by atoms with Gasteiger partial charge in [0.2, 0.25) is 5.71 Å². The van der Waals surface area contributed by atoms with Crippen molar-refractivity contribution in [1.82, 2.24) is 4.98 Å². The summed E-state index contributed by atoms with van der Waals surface area (Å²) in [6, 6.07) is 3.52. The SMILES string of the molecule is CC(=O)c1oc2ncccc2c1N. The van der Waals surface area contributed by atoms with E-state index in [1.807, 2.05) is 0 Å². The Balaban J connectivity index is 2.81. The minimum atomic E-state index is -0.185.